The monoisotopic (exact) mass is 457 g/mol. The van der Waals surface area contributed by atoms with E-state index in [0.29, 0.717) is 0 Å². The van der Waals surface area contributed by atoms with Gasteiger partial charge in [-0.25, -0.2) is 8.42 Å². The topological polar surface area (TPSA) is 78.8 Å². The van der Waals surface area contributed by atoms with Gasteiger partial charge in [-0.05, 0) is 56.0 Å². The highest BCUT2D eigenvalue weighted by molar-refractivity contribution is 8.14. The van der Waals surface area contributed by atoms with Crippen LogP contribution in [0.3, 0.4) is 0 Å². The predicted molar refractivity (Wildman–Crippen MR) is 129 cm³/mol. The molecule has 2 atom stereocenters. The third kappa shape index (κ3) is 4.50. The van der Waals surface area contributed by atoms with Crippen LogP contribution < -0.4 is 10.2 Å². The second kappa shape index (κ2) is 8.31. The van der Waals surface area contributed by atoms with E-state index in [4.69, 9.17) is 4.99 Å². The van der Waals surface area contributed by atoms with Crippen molar-refractivity contribution in [2.45, 2.75) is 39.8 Å². The summed E-state index contributed by atoms with van der Waals surface area (Å²) in [7, 11) is -3.11. The number of carbonyl (C=O) groups excluding carboxylic acids is 1. The average Bonchev–Trinajstić information content (AvgIpc) is 3.16. The Morgan fingerprint density at radius 1 is 1.10 bits per heavy atom. The van der Waals surface area contributed by atoms with Crippen LogP contribution in [0.4, 0.5) is 11.4 Å². The number of para-hydroxylation sites is 1. The Kier molecular flexibility index (Phi) is 5.87. The van der Waals surface area contributed by atoms with Crippen LogP contribution in [-0.4, -0.2) is 48.8 Å². The summed E-state index contributed by atoms with van der Waals surface area (Å²) in [5.74, 6) is 0.265. The van der Waals surface area contributed by atoms with Crippen LogP contribution >= 0.6 is 11.8 Å². The lowest BCUT2D eigenvalue weighted by molar-refractivity contribution is -0.113. The first-order valence-corrected chi connectivity index (χ1v) is 13.1. The number of nitrogens with one attached hydrogen (secondary N) is 1. The molecule has 164 valence electrons. The number of amides is 1. The standard InChI is InChI=1S/C23H27N3O3S2/c1-14-8-9-15(2)19(10-14)26-20-13-31(28,29)12-18(20)24-23(26)30-11-21(27)25-22-16(3)6-5-7-17(22)4/h5-10,18,20H,11-13H2,1-4H3,(H,25,27)/t18-,20+/m1/s1. The third-order valence-electron chi connectivity index (χ3n) is 5.81. The van der Waals surface area contributed by atoms with Gasteiger partial charge in [0.15, 0.2) is 15.0 Å². The Balaban J connectivity index is 1.56. The van der Waals surface area contributed by atoms with Crippen molar-refractivity contribution in [3.05, 3.63) is 58.7 Å². The van der Waals surface area contributed by atoms with Crippen molar-refractivity contribution >= 4 is 44.0 Å². The smallest absolute Gasteiger partial charge is 0.234 e. The van der Waals surface area contributed by atoms with Gasteiger partial charge in [-0.15, -0.1) is 0 Å². The molecule has 0 saturated carbocycles. The number of benzene rings is 2. The van der Waals surface area contributed by atoms with Crippen LogP contribution in [0.5, 0.6) is 0 Å². The molecule has 2 aliphatic heterocycles. The van der Waals surface area contributed by atoms with E-state index in [2.05, 4.69) is 11.4 Å². The molecule has 0 bridgehead atoms. The summed E-state index contributed by atoms with van der Waals surface area (Å²) >= 11 is 1.37. The molecule has 2 aliphatic rings. The Labute approximate surface area is 188 Å². The Morgan fingerprint density at radius 3 is 2.52 bits per heavy atom. The summed E-state index contributed by atoms with van der Waals surface area (Å²) in [6, 6.07) is 11.6. The second-order valence-corrected chi connectivity index (χ2v) is 11.5. The average molecular weight is 458 g/mol. The van der Waals surface area contributed by atoms with Gasteiger partial charge in [0.25, 0.3) is 0 Å². The third-order valence-corrected chi connectivity index (χ3v) is 8.48. The van der Waals surface area contributed by atoms with Gasteiger partial charge in [-0.2, -0.15) is 0 Å². The molecule has 2 aromatic carbocycles. The van der Waals surface area contributed by atoms with E-state index in [0.717, 1.165) is 38.8 Å². The van der Waals surface area contributed by atoms with E-state index in [1.165, 1.54) is 11.8 Å². The van der Waals surface area contributed by atoms with Crippen LogP contribution in [0, 0.1) is 27.7 Å². The molecule has 2 heterocycles. The zero-order chi connectivity index (χ0) is 22.3. The SMILES string of the molecule is Cc1ccc(C)c(N2C(SCC(=O)Nc3c(C)cccc3C)=N[C@@H]3CS(=O)(=O)C[C@@H]32)c1. The van der Waals surface area contributed by atoms with Crippen LogP contribution in [0.2, 0.25) is 0 Å². The minimum absolute atomic E-state index is 0.0672. The largest absolute Gasteiger partial charge is 0.325 e. The molecule has 0 aliphatic carbocycles. The number of aliphatic imine (C=N–C) groups is 1. The highest BCUT2D eigenvalue weighted by Crippen LogP contribution is 2.37. The molecular formula is C23H27N3O3S2. The maximum Gasteiger partial charge on any atom is 0.234 e. The summed E-state index contributed by atoms with van der Waals surface area (Å²) < 4.78 is 24.5. The Morgan fingerprint density at radius 2 is 1.81 bits per heavy atom. The number of nitrogens with zero attached hydrogens (tertiary/aromatic N) is 2. The van der Waals surface area contributed by atoms with Crippen molar-refractivity contribution in [3.8, 4) is 0 Å². The Bertz CT molecular complexity index is 1150. The summed E-state index contributed by atoms with van der Waals surface area (Å²) in [6.07, 6.45) is 0. The number of aryl methyl sites for hydroxylation is 4. The number of fused-ring (bicyclic) bond motifs is 1. The number of hydrogen-bond donors (Lipinski definition) is 1. The lowest BCUT2D eigenvalue weighted by Gasteiger charge is -2.28. The molecule has 0 spiro atoms. The van der Waals surface area contributed by atoms with Crippen molar-refractivity contribution in [1.82, 2.24) is 0 Å². The van der Waals surface area contributed by atoms with Gasteiger partial charge in [-0.1, -0.05) is 42.1 Å². The van der Waals surface area contributed by atoms with Gasteiger partial charge in [0.1, 0.15) is 0 Å². The summed E-state index contributed by atoms with van der Waals surface area (Å²) in [6.45, 7) is 7.98. The summed E-state index contributed by atoms with van der Waals surface area (Å²) in [4.78, 5) is 19.5. The molecule has 0 radical (unpaired) electrons. The fraction of sp³-hybridized carbons (Fsp3) is 0.391. The number of carbonyl (C=O) groups is 1. The molecule has 0 aromatic heterocycles. The molecule has 4 rings (SSSR count). The minimum Gasteiger partial charge on any atom is -0.325 e. The van der Waals surface area contributed by atoms with Gasteiger partial charge >= 0.3 is 0 Å². The van der Waals surface area contributed by atoms with Crippen LogP contribution in [0.15, 0.2) is 41.4 Å². The van der Waals surface area contributed by atoms with Crippen molar-refractivity contribution in [2.24, 2.45) is 4.99 Å². The number of sulfone groups is 1. The normalized spacial score (nSPS) is 21.7. The summed E-state index contributed by atoms with van der Waals surface area (Å²) in [5.41, 5.74) is 6.01. The molecular weight excluding hydrogens is 430 g/mol. The van der Waals surface area contributed by atoms with Crippen molar-refractivity contribution in [3.63, 3.8) is 0 Å². The molecule has 1 fully saturated rings. The number of rotatable bonds is 4. The fourth-order valence-corrected chi connectivity index (χ4v) is 6.97. The molecule has 1 N–H and O–H groups in total. The predicted octanol–water partition coefficient (Wildman–Crippen LogP) is 3.63. The van der Waals surface area contributed by atoms with Crippen molar-refractivity contribution in [1.29, 1.82) is 0 Å². The molecule has 8 heteroatoms. The quantitative estimate of drug-likeness (QED) is 0.758. The number of amidine groups is 1. The van der Waals surface area contributed by atoms with Crippen molar-refractivity contribution < 1.29 is 13.2 Å². The molecule has 2 aromatic rings. The van der Waals surface area contributed by atoms with Crippen molar-refractivity contribution in [2.75, 3.05) is 27.5 Å². The lowest BCUT2D eigenvalue weighted by atomic mass is 10.1. The van der Waals surface area contributed by atoms with Crippen LogP contribution in [0.25, 0.3) is 0 Å². The van der Waals surface area contributed by atoms with Gasteiger partial charge in [0.05, 0.1) is 29.3 Å². The lowest BCUT2D eigenvalue weighted by Crippen LogP contribution is -2.40. The molecule has 0 unspecified atom stereocenters. The first-order valence-electron chi connectivity index (χ1n) is 10.3. The van der Waals surface area contributed by atoms with Crippen LogP contribution in [-0.2, 0) is 14.6 Å². The van der Waals surface area contributed by atoms with E-state index in [-0.39, 0.29) is 35.2 Å². The second-order valence-electron chi connectivity index (χ2n) is 8.39. The van der Waals surface area contributed by atoms with Gasteiger partial charge in [-0.3, -0.25) is 9.79 Å². The van der Waals surface area contributed by atoms with Gasteiger partial charge < -0.3 is 10.2 Å². The van der Waals surface area contributed by atoms with E-state index in [1.807, 2.05) is 62.9 Å². The number of hydrogen-bond acceptors (Lipinski definition) is 6. The fourth-order valence-electron chi connectivity index (χ4n) is 4.21. The highest BCUT2D eigenvalue weighted by atomic mass is 32.2. The zero-order valence-electron chi connectivity index (χ0n) is 18.2. The molecule has 6 nitrogen and oxygen atoms in total. The van der Waals surface area contributed by atoms with E-state index >= 15 is 0 Å². The number of anilines is 2. The molecule has 31 heavy (non-hydrogen) atoms. The number of thioether (sulfide) groups is 1. The van der Waals surface area contributed by atoms with E-state index in [1.54, 1.807) is 0 Å². The maximum absolute atomic E-state index is 12.7. The first-order chi connectivity index (χ1) is 14.6. The maximum atomic E-state index is 12.7. The van der Waals surface area contributed by atoms with Gasteiger partial charge in [0.2, 0.25) is 5.91 Å². The first kappa shape index (κ1) is 21.9. The molecule has 1 saturated heterocycles. The Hall–Kier alpha value is -2.32. The molecule has 1 amide bonds. The minimum atomic E-state index is -3.11. The van der Waals surface area contributed by atoms with E-state index < -0.39 is 9.84 Å². The summed E-state index contributed by atoms with van der Waals surface area (Å²) in [5, 5.41) is 3.73. The van der Waals surface area contributed by atoms with Crippen LogP contribution in [0.1, 0.15) is 22.3 Å². The van der Waals surface area contributed by atoms with E-state index in [9.17, 15) is 13.2 Å². The highest BCUT2D eigenvalue weighted by Gasteiger charge is 2.47. The zero-order valence-corrected chi connectivity index (χ0v) is 19.8. The van der Waals surface area contributed by atoms with Gasteiger partial charge in [0, 0.05) is 11.4 Å².